The van der Waals surface area contributed by atoms with Crippen LogP contribution in [0.3, 0.4) is 0 Å². The number of thiazole rings is 1. The van der Waals surface area contributed by atoms with Gasteiger partial charge in [0.25, 0.3) is 0 Å². The van der Waals surface area contributed by atoms with E-state index in [1.807, 2.05) is 6.92 Å². The number of piperazine rings is 1. The molecule has 0 bridgehead atoms. The number of aliphatic hydroxyl groups excluding tert-OH is 1. The maximum Gasteiger partial charge on any atom is 0.230 e. The Balaban J connectivity index is 1.72. The van der Waals surface area contributed by atoms with Gasteiger partial charge in [-0.15, -0.1) is 5.10 Å². The average molecular weight is 388 g/mol. The average Bonchev–Trinajstić information content (AvgIpc) is 3.15. The summed E-state index contributed by atoms with van der Waals surface area (Å²) in [7, 11) is 0. The molecule has 0 radical (unpaired) electrons. The third-order valence-corrected chi connectivity index (χ3v) is 6.17. The molecule has 1 aliphatic rings. The Bertz CT molecular complexity index is 929. The van der Waals surface area contributed by atoms with E-state index in [1.165, 1.54) is 22.5 Å². The van der Waals surface area contributed by atoms with E-state index in [0.29, 0.717) is 12.4 Å². The molecule has 7 nitrogen and oxygen atoms in total. The summed E-state index contributed by atoms with van der Waals surface area (Å²) in [5.74, 6) is 0.840. The number of aryl methyl sites for hydroxylation is 2. The van der Waals surface area contributed by atoms with Crippen LogP contribution in [-0.2, 0) is 0 Å². The van der Waals surface area contributed by atoms with Crippen molar-refractivity contribution in [2.45, 2.75) is 19.9 Å². The zero-order valence-electron chi connectivity index (χ0n) is 15.7. The van der Waals surface area contributed by atoms with Gasteiger partial charge in [0.05, 0.1) is 17.5 Å². The normalized spacial score (nSPS) is 17.6. The molecule has 144 valence electrons. The fourth-order valence-corrected chi connectivity index (χ4v) is 4.94. The van der Waals surface area contributed by atoms with E-state index in [0.717, 1.165) is 36.0 Å². The molecule has 2 aromatic heterocycles. The Morgan fingerprint density at radius 2 is 1.96 bits per heavy atom. The minimum atomic E-state index is -0.0324. The number of hydrogen-bond acceptors (Lipinski definition) is 7. The number of hydrogen-bond donors (Lipinski definition) is 2. The Labute approximate surface area is 162 Å². The molecule has 1 aromatic carbocycles. The summed E-state index contributed by atoms with van der Waals surface area (Å²) < 4.78 is 1.54. The van der Waals surface area contributed by atoms with Crippen LogP contribution in [0.25, 0.3) is 4.96 Å². The van der Waals surface area contributed by atoms with Gasteiger partial charge < -0.3 is 10.2 Å². The molecule has 1 aliphatic heterocycles. The van der Waals surface area contributed by atoms with Crippen LogP contribution < -0.4 is 0 Å². The van der Waals surface area contributed by atoms with Crippen LogP contribution in [0.4, 0.5) is 0 Å². The summed E-state index contributed by atoms with van der Waals surface area (Å²) >= 11 is 1.50. The van der Waals surface area contributed by atoms with Gasteiger partial charge in [0.2, 0.25) is 10.8 Å². The second-order valence-corrected chi connectivity index (χ2v) is 8.07. The number of nitrogens with zero attached hydrogens (tertiary/aromatic N) is 5. The van der Waals surface area contributed by atoms with Crippen LogP contribution in [0.5, 0.6) is 5.88 Å². The van der Waals surface area contributed by atoms with Crippen molar-refractivity contribution in [3.63, 3.8) is 0 Å². The minimum Gasteiger partial charge on any atom is -0.492 e. The lowest BCUT2D eigenvalue weighted by Gasteiger charge is -2.39. The van der Waals surface area contributed by atoms with Gasteiger partial charge in [-0.05, 0) is 19.4 Å². The Hall–Kier alpha value is -2.00. The molecular weight excluding hydrogens is 362 g/mol. The van der Waals surface area contributed by atoms with Crippen molar-refractivity contribution in [3.8, 4) is 5.88 Å². The zero-order valence-corrected chi connectivity index (χ0v) is 16.5. The van der Waals surface area contributed by atoms with Crippen molar-refractivity contribution in [1.29, 1.82) is 0 Å². The minimum absolute atomic E-state index is 0.0324. The molecule has 27 heavy (non-hydrogen) atoms. The fourth-order valence-electron chi connectivity index (χ4n) is 3.78. The SMILES string of the molecule is Cc1cccc(C(c2sc3nc(C)nn3c2O)N2CCN(CCO)CC2)c1. The molecule has 3 aromatic rings. The lowest BCUT2D eigenvalue weighted by atomic mass is 10.0. The number of rotatable bonds is 5. The Morgan fingerprint density at radius 1 is 1.19 bits per heavy atom. The van der Waals surface area contributed by atoms with Crippen LogP contribution in [0.1, 0.15) is 27.9 Å². The van der Waals surface area contributed by atoms with E-state index in [-0.39, 0.29) is 18.5 Å². The zero-order chi connectivity index (χ0) is 19.0. The van der Waals surface area contributed by atoms with Crippen LogP contribution >= 0.6 is 11.3 Å². The first-order valence-corrected chi connectivity index (χ1v) is 10.1. The number of aliphatic hydroxyl groups is 1. The first kappa shape index (κ1) is 18.4. The third kappa shape index (κ3) is 3.58. The second kappa shape index (κ2) is 7.55. The van der Waals surface area contributed by atoms with Gasteiger partial charge in [-0.1, -0.05) is 41.2 Å². The van der Waals surface area contributed by atoms with Crippen molar-refractivity contribution in [1.82, 2.24) is 24.4 Å². The molecule has 0 aliphatic carbocycles. The van der Waals surface area contributed by atoms with Crippen molar-refractivity contribution < 1.29 is 10.2 Å². The molecule has 3 heterocycles. The van der Waals surface area contributed by atoms with Gasteiger partial charge >= 0.3 is 0 Å². The highest BCUT2D eigenvalue weighted by atomic mass is 32.1. The van der Waals surface area contributed by atoms with E-state index in [4.69, 9.17) is 0 Å². The van der Waals surface area contributed by atoms with E-state index < -0.39 is 0 Å². The topological polar surface area (TPSA) is 77.1 Å². The summed E-state index contributed by atoms with van der Waals surface area (Å²) in [5, 5.41) is 24.4. The highest BCUT2D eigenvalue weighted by molar-refractivity contribution is 7.17. The molecule has 0 spiro atoms. The highest BCUT2D eigenvalue weighted by Gasteiger charge is 2.31. The first-order chi connectivity index (χ1) is 13.1. The van der Waals surface area contributed by atoms with Crippen molar-refractivity contribution in [2.24, 2.45) is 0 Å². The van der Waals surface area contributed by atoms with Crippen LogP contribution in [0.2, 0.25) is 0 Å². The van der Waals surface area contributed by atoms with Crippen molar-refractivity contribution in [3.05, 3.63) is 46.1 Å². The molecular formula is C19H25N5O2S. The number of benzene rings is 1. The van der Waals surface area contributed by atoms with E-state index >= 15 is 0 Å². The number of aromatic hydroxyl groups is 1. The molecule has 1 saturated heterocycles. The van der Waals surface area contributed by atoms with Crippen molar-refractivity contribution in [2.75, 3.05) is 39.3 Å². The largest absolute Gasteiger partial charge is 0.492 e. The van der Waals surface area contributed by atoms with Crippen LogP contribution in [0.15, 0.2) is 24.3 Å². The molecule has 1 fully saturated rings. The molecule has 1 atom stereocenters. The first-order valence-electron chi connectivity index (χ1n) is 9.25. The maximum atomic E-state index is 10.9. The molecule has 8 heteroatoms. The molecule has 2 N–H and O–H groups in total. The lowest BCUT2D eigenvalue weighted by Crippen LogP contribution is -2.48. The lowest BCUT2D eigenvalue weighted by molar-refractivity contribution is 0.0945. The molecule has 0 saturated carbocycles. The summed E-state index contributed by atoms with van der Waals surface area (Å²) in [6.45, 7) is 8.39. The van der Waals surface area contributed by atoms with Crippen molar-refractivity contribution >= 4 is 16.3 Å². The van der Waals surface area contributed by atoms with Crippen LogP contribution in [0, 0.1) is 13.8 Å². The molecule has 0 amide bonds. The van der Waals surface area contributed by atoms with Gasteiger partial charge in [-0.25, -0.2) is 4.98 Å². The second-order valence-electron chi connectivity index (χ2n) is 7.06. The van der Waals surface area contributed by atoms with Gasteiger partial charge in [-0.2, -0.15) is 4.52 Å². The summed E-state index contributed by atoms with van der Waals surface area (Å²) in [4.78, 5) is 10.7. The number of β-amino-alcohol motifs (C(OH)–C–C–N with tert-alkyl or cyclic N) is 1. The van der Waals surface area contributed by atoms with E-state index in [9.17, 15) is 10.2 Å². The monoisotopic (exact) mass is 387 g/mol. The standard InChI is InChI=1S/C19H25N5O2S/c1-13-4-3-5-15(12-13)16(23-8-6-22(7-9-23)10-11-25)17-18(26)24-19(27-17)20-14(2)21-24/h3-5,12,16,25-26H,6-11H2,1-2H3. The number of fused-ring (bicyclic) bond motifs is 1. The summed E-state index contributed by atoms with van der Waals surface area (Å²) in [6, 6.07) is 8.43. The molecule has 1 unspecified atom stereocenters. The van der Waals surface area contributed by atoms with Gasteiger partial charge in [0.1, 0.15) is 5.82 Å². The maximum absolute atomic E-state index is 10.9. The Kier molecular flexibility index (Phi) is 5.14. The number of aromatic nitrogens is 3. The summed E-state index contributed by atoms with van der Waals surface area (Å²) in [5.41, 5.74) is 2.37. The quantitative estimate of drug-likeness (QED) is 0.695. The van der Waals surface area contributed by atoms with Crippen LogP contribution in [-0.4, -0.2) is 73.9 Å². The van der Waals surface area contributed by atoms with Gasteiger partial charge in [-0.3, -0.25) is 9.80 Å². The smallest absolute Gasteiger partial charge is 0.230 e. The third-order valence-electron chi connectivity index (χ3n) is 5.10. The summed E-state index contributed by atoms with van der Waals surface area (Å²) in [6.07, 6.45) is 0. The van der Waals surface area contributed by atoms with Gasteiger partial charge in [0.15, 0.2) is 0 Å². The van der Waals surface area contributed by atoms with E-state index in [2.05, 4.69) is 51.1 Å². The predicted octanol–water partition coefficient (Wildman–Crippen LogP) is 1.81. The predicted molar refractivity (Wildman–Crippen MR) is 105 cm³/mol. The molecule has 4 rings (SSSR count). The highest BCUT2D eigenvalue weighted by Crippen LogP contribution is 2.40. The fraction of sp³-hybridized carbons (Fsp3) is 0.474. The van der Waals surface area contributed by atoms with E-state index in [1.54, 1.807) is 4.52 Å². The van der Waals surface area contributed by atoms with Gasteiger partial charge in [0, 0.05) is 32.7 Å². The Morgan fingerprint density at radius 3 is 2.63 bits per heavy atom.